The maximum Gasteiger partial charge on any atom is 0.338 e. The number of H-pyrrole nitrogens is 1. The van der Waals surface area contributed by atoms with Crippen LogP contribution in [0.15, 0.2) is 48.5 Å². The summed E-state index contributed by atoms with van der Waals surface area (Å²) in [7, 11) is 2.04. The van der Waals surface area contributed by atoms with Crippen LogP contribution >= 0.6 is 0 Å². The summed E-state index contributed by atoms with van der Waals surface area (Å²) in [6.45, 7) is 13.8. The molecule has 3 rings (SSSR count). The maximum atomic E-state index is 12.7. The monoisotopic (exact) mass is 564 g/mol. The van der Waals surface area contributed by atoms with Gasteiger partial charge in [-0.3, -0.25) is 14.4 Å². The van der Waals surface area contributed by atoms with Gasteiger partial charge >= 0.3 is 5.97 Å². The van der Waals surface area contributed by atoms with Crippen molar-refractivity contribution in [2.45, 2.75) is 72.1 Å². The van der Waals surface area contributed by atoms with Crippen LogP contribution < -0.4 is 5.32 Å². The Hall–Kier alpha value is -3.69. The van der Waals surface area contributed by atoms with Crippen molar-refractivity contribution in [2.24, 2.45) is 0 Å². The van der Waals surface area contributed by atoms with Gasteiger partial charge in [-0.05, 0) is 103 Å². The molecule has 0 saturated heterocycles. The zero-order valence-electron chi connectivity index (χ0n) is 25.4. The molecule has 0 bridgehead atoms. The van der Waals surface area contributed by atoms with E-state index >= 15 is 0 Å². The molecule has 0 saturated carbocycles. The quantitative estimate of drug-likeness (QED) is 0.170. The number of carbonyl (C=O) groups excluding carboxylic acids is 3. The van der Waals surface area contributed by atoms with E-state index in [0.29, 0.717) is 30.8 Å². The molecule has 0 aliphatic heterocycles. The second-order valence-corrected chi connectivity index (χ2v) is 12.4. The van der Waals surface area contributed by atoms with Gasteiger partial charge < -0.3 is 19.9 Å². The minimum atomic E-state index is -0.572. The van der Waals surface area contributed by atoms with Crippen LogP contribution in [-0.2, 0) is 27.3 Å². The van der Waals surface area contributed by atoms with Crippen LogP contribution in [0.2, 0.25) is 0 Å². The summed E-state index contributed by atoms with van der Waals surface area (Å²) in [5, 5.41) is 5.07. The number of amides is 2. The van der Waals surface area contributed by atoms with Crippen LogP contribution in [0.4, 0.5) is 0 Å². The molecule has 0 unspecified atom stereocenters. The summed E-state index contributed by atoms with van der Waals surface area (Å²) >= 11 is 0. The predicted octanol–water partition coefficient (Wildman–Crippen LogP) is 5.11. The predicted molar refractivity (Wildman–Crippen MR) is 161 cm³/mol. The highest BCUT2D eigenvalue weighted by atomic mass is 16.7. The topological polar surface area (TPSA) is 104 Å². The van der Waals surface area contributed by atoms with Gasteiger partial charge in [-0.2, -0.15) is 0 Å². The molecule has 41 heavy (non-hydrogen) atoms. The standard InChI is InChI=1S/C32H44N4O5/c1-31(2,3)40-30(39)25-14-15-27-26(19-25)20-28(34-27)29(38)33-16-18-35(7)17-8-9-23-10-12-24(13-11-23)21-36(22-37)41-32(4,5)6/h10-15,19-20,22,34H,8-9,16-18,21H2,1-7H3,(H,33,38). The lowest BCUT2D eigenvalue weighted by Gasteiger charge is -2.26. The SMILES string of the molecule is CN(CCCc1ccc(CN(C=O)OC(C)(C)C)cc1)CCNC(=O)c1cc2cc(C(=O)OC(C)(C)C)ccc2[nH]1. The lowest BCUT2D eigenvalue weighted by molar-refractivity contribution is -0.220. The number of fused-ring (bicyclic) bond motifs is 1. The van der Waals surface area contributed by atoms with Crippen molar-refractivity contribution in [3.05, 3.63) is 70.9 Å². The molecule has 2 N–H and O–H groups in total. The Balaban J connectivity index is 1.39. The molecule has 0 atom stereocenters. The summed E-state index contributed by atoms with van der Waals surface area (Å²) in [5.74, 6) is -0.575. The number of benzene rings is 2. The molecule has 0 radical (unpaired) electrons. The van der Waals surface area contributed by atoms with Crippen LogP contribution in [0.5, 0.6) is 0 Å². The van der Waals surface area contributed by atoms with Crippen molar-refractivity contribution in [3.8, 4) is 0 Å². The first-order valence-corrected chi connectivity index (χ1v) is 14.0. The fourth-order valence-electron chi connectivity index (χ4n) is 4.27. The zero-order chi connectivity index (χ0) is 30.2. The maximum absolute atomic E-state index is 12.7. The van der Waals surface area contributed by atoms with Gasteiger partial charge in [-0.15, -0.1) is 0 Å². The molecule has 2 amide bonds. The largest absolute Gasteiger partial charge is 0.456 e. The van der Waals surface area contributed by atoms with Crippen molar-refractivity contribution in [2.75, 3.05) is 26.7 Å². The molecule has 1 heterocycles. The first-order valence-electron chi connectivity index (χ1n) is 14.0. The van der Waals surface area contributed by atoms with Crippen molar-refractivity contribution < 1.29 is 24.0 Å². The van der Waals surface area contributed by atoms with Crippen LogP contribution in [0.3, 0.4) is 0 Å². The summed E-state index contributed by atoms with van der Waals surface area (Å²) in [4.78, 5) is 47.3. The molecule has 0 spiro atoms. The Kier molecular flexibility index (Phi) is 10.7. The second-order valence-electron chi connectivity index (χ2n) is 12.4. The van der Waals surface area contributed by atoms with Crippen molar-refractivity contribution >= 4 is 29.2 Å². The second kappa shape index (κ2) is 13.8. The summed E-state index contributed by atoms with van der Waals surface area (Å²) in [6, 6.07) is 15.2. The van der Waals surface area contributed by atoms with E-state index in [9.17, 15) is 14.4 Å². The Morgan fingerprint density at radius 3 is 2.24 bits per heavy atom. The highest BCUT2D eigenvalue weighted by Crippen LogP contribution is 2.20. The molecule has 9 heteroatoms. The number of nitrogens with zero attached hydrogens (tertiary/aromatic N) is 2. The number of nitrogens with one attached hydrogen (secondary N) is 2. The van der Waals surface area contributed by atoms with Gasteiger partial charge in [-0.25, -0.2) is 9.86 Å². The minimum absolute atomic E-state index is 0.186. The van der Waals surface area contributed by atoms with E-state index in [4.69, 9.17) is 9.57 Å². The van der Waals surface area contributed by atoms with Gasteiger partial charge in [0.2, 0.25) is 6.41 Å². The van der Waals surface area contributed by atoms with Gasteiger partial charge in [0.05, 0.1) is 17.7 Å². The first kappa shape index (κ1) is 31.8. The molecule has 9 nitrogen and oxygen atoms in total. The van der Waals surface area contributed by atoms with Crippen LogP contribution in [-0.4, -0.2) is 71.1 Å². The molecule has 0 aliphatic rings. The van der Waals surface area contributed by atoms with Gasteiger partial charge in [-0.1, -0.05) is 24.3 Å². The van der Waals surface area contributed by atoms with Gasteiger partial charge in [0.15, 0.2) is 0 Å². The number of aromatic amines is 1. The van der Waals surface area contributed by atoms with E-state index in [1.54, 1.807) is 24.3 Å². The fourth-order valence-corrected chi connectivity index (χ4v) is 4.27. The van der Waals surface area contributed by atoms with E-state index in [-0.39, 0.29) is 11.9 Å². The first-order chi connectivity index (χ1) is 19.2. The molecular formula is C32H44N4O5. The van der Waals surface area contributed by atoms with E-state index in [0.717, 1.165) is 42.4 Å². The third kappa shape index (κ3) is 10.7. The van der Waals surface area contributed by atoms with E-state index in [1.165, 1.54) is 10.6 Å². The lowest BCUT2D eigenvalue weighted by Crippen LogP contribution is -2.33. The third-order valence-corrected chi connectivity index (χ3v) is 6.15. The Morgan fingerprint density at radius 2 is 1.61 bits per heavy atom. The van der Waals surface area contributed by atoms with Gasteiger partial charge in [0.25, 0.3) is 5.91 Å². The molecule has 2 aromatic carbocycles. The minimum Gasteiger partial charge on any atom is -0.456 e. The zero-order valence-corrected chi connectivity index (χ0v) is 25.4. The van der Waals surface area contributed by atoms with Crippen LogP contribution in [0.25, 0.3) is 10.9 Å². The Bertz CT molecular complexity index is 1320. The van der Waals surface area contributed by atoms with Crippen molar-refractivity contribution in [3.63, 3.8) is 0 Å². The fraction of sp³-hybridized carbons (Fsp3) is 0.469. The Morgan fingerprint density at radius 1 is 0.927 bits per heavy atom. The smallest absolute Gasteiger partial charge is 0.338 e. The van der Waals surface area contributed by atoms with Crippen LogP contribution in [0, 0.1) is 0 Å². The number of ether oxygens (including phenoxy) is 1. The number of carbonyl (C=O) groups is 3. The van der Waals surface area contributed by atoms with Crippen LogP contribution in [0.1, 0.15) is 79.9 Å². The van der Waals surface area contributed by atoms with E-state index < -0.39 is 11.2 Å². The number of hydroxylamine groups is 2. The number of hydrogen-bond acceptors (Lipinski definition) is 6. The highest BCUT2D eigenvalue weighted by molar-refractivity contribution is 6.00. The normalized spacial score (nSPS) is 12.0. The molecule has 222 valence electrons. The molecule has 0 aliphatic carbocycles. The number of aryl methyl sites for hydroxylation is 1. The number of hydrogen-bond donors (Lipinski definition) is 2. The summed E-state index contributed by atoms with van der Waals surface area (Å²) in [6.07, 6.45) is 2.63. The van der Waals surface area contributed by atoms with Crippen molar-refractivity contribution in [1.29, 1.82) is 0 Å². The molecular weight excluding hydrogens is 520 g/mol. The van der Waals surface area contributed by atoms with Crippen molar-refractivity contribution in [1.82, 2.24) is 20.3 Å². The Labute approximate surface area is 243 Å². The summed E-state index contributed by atoms with van der Waals surface area (Å²) in [5.41, 5.74) is 2.93. The number of aromatic nitrogens is 1. The molecule has 3 aromatic rings. The average molecular weight is 565 g/mol. The lowest BCUT2D eigenvalue weighted by atomic mass is 10.1. The third-order valence-electron chi connectivity index (χ3n) is 6.15. The van der Waals surface area contributed by atoms with E-state index in [2.05, 4.69) is 27.3 Å². The molecule has 1 aromatic heterocycles. The number of likely N-dealkylation sites (N-methyl/N-ethyl adjacent to an activating group) is 1. The highest BCUT2D eigenvalue weighted by Gasteiger charge is 2.19. The summed E-state index contributed by atoms with van der Waals surface area (Å²) < 4.78 is 5.44. The number of rotatable bonds is 13. The van der Waals surface area contributed by atoms with Gasteiger partial charge in [0.1, 0.15) is 11.3 Å². The number of esters is 1. The van der Waals surface area contributed by atoms with Gasteiger partial charge in [0, 0.05) is 24.0 Å². The van der Waals surface area contributed by atoms with E-state index in [1.807, 2.05) is 60.7 Å². The molecule has 0 fully saturated rings. The average Bonchev–Trinajstić information content (AvgIpc) is 3.31.